The van der Waals surface area contributed by atoms with Crippen molar-refractivity contribution < 1.29 is 14.3 Å². The van der Waals surface area contributed by atoms with Crippen LogP contribution in [0.5, 0.6) is 5.75 Å². The number of hydrogen-bond acceptors (Lipinski definition) is 7. The number of carbonyl (C=O) groups is 1. The van der Waals surface area contributed by atoms with E-state index >= 15 is 0 Å². The second-order valence-corrected chi connectivity index (χ2v) is 7.03. The highest BCUT2D eigenvalue weighted by Crippen LogP contribution is 2.23. The lowest BCUT2D eigenvalue weighted by atomic mass is 10.2. The quantitative estimate of drug-likeness (QED) is 0.503. The van der Waals surface area contributed by atoms with Gasteiger partial charge in [-0.3, -0.25) is 10.1 Å². The summed E-state index contributed by atoms with van der Waals surface area (Å²) in [5.41, 5.74) is 1.20. The fourth-order valence-electron chi connectivity index (χ4n) is 2.79. The number of anilines is 1. The van der Waals surface area contributed by atoms with Crippen molar-refractivity contribution in [3.8, 4) is 17.3 Å². The summed E-state index contributed by atoms with van der Waals surface area (Å²) >= 11 is 1.26. The molecule has 0 spiro atoms. The molecule has 1 aromatic carbocycles. The van der Waals surface area contributed by atoms with E-state index in [1.807, 2.05) is 53.4 Å². The topological polar surface area (TPSA) is 96.1 Å². The number of aromatic nitrogens is 5. The first-order valence-corrected chi connectivity index (χ1v) is 9.49. The van der Waals surface area contributed by atoms with Gasteiger partial charge in [-0.2, -0.15) is 5.10 Å². The first-order chi connectivity index (χ1) is 14.2. The summed E-state index contributed by atoms with van der Waals surface area (Å²) in [6.07, 6.45) is 5.25. The Morgan fingerprint density at radius 2 is 1.90 bits per heavy atom. The Hall–Kier alpha value is -3.50. The van der Waals surface area contributed by atoms with Gasteiger partial charge < -0.3 is 14.0 Å². The minimum absolute atomic E-state index is 0.325. The second-order valence-electron chi connectivity index (χ2n) is 5.97. The molecule has 0 fully saturated rings. The van der Waals surface area contributed by atoms with Crippen molar-refractivity contribution in [3.05, 3.63) is 65.6 Å². The third-order valence-electron chi connectivity index (χ3n) is 4.11. The van der Waals surface area contributed by atoms with Gasteiger partial charge >= 0.3 is 0 Å². The molecule has 1 N–H and O–H groups in total. The molecule has 9 nitrogen and oxygen atoms in total. The lowest BCUT2D eigenvalue weighted by Crippen LogP contribution is -2.15. The minimum Gasteiger partial charge on any atom is -0.497 e. The highest BCUT2D eigenvalue weighted by Gasteiger charge is 2.21. The number of nitrogens with zero attached hydrogens (tertiary/aromatic N) is 5. The molecule has 0 atom stereocenters. The molecule has 3 heterocycles. The van der Waals surface area contributed by atoms with Gasteiger partial charge in [0.05, 0.1) is 19.0 Å². The Labute approximate surface area is 170 Å². The van der Waals surface area contributed by atoms with Crippen molar-refractivity contribution in [1.29, 1.82) is 0 Å². The maximum atomic E-state index is 13.0. The predicted molar refractivity (Wildman–Crippen MR) is 108 cm³/mol. The fraction of sp³-hybridized carbons (Fsp3) is 0.158. The molecule has 0 saturated heterocycles. The Bertz CT molecular complexity index is 1100. The number of ether oxygens (including phenoxy) is 2. The molecule has 0 bridgehead atoms. The molecule has 1 amide bonds. The SMILES string of the molecule is COCc1nnc(NC(=O)c2cnn(-c3ccc(OC)cc3)c2-n2cccc2)s1. The van der Waals surface area contributed by atoms with Crippen molar-refractivity contribution in [1.82, 2.24) is 24.5 Å². The smallest absolute Gasteiger partial charge is 0.262 e. The summed E-state index contributed by atoms with van der Waals surface area (Å²) in [6.45, 7) is 0.345. The van der Waals surface area contributed by atoms with Crippen LogP contribution in [0.2, 0.25) is 0 Å². The fourth-order valence-corrected chi connectivity index (χ4v) is 3.50. The molecule has 10 heteroatoms. The molecule has 0 aliphatic rings. The van der Waals surface area contributed by atoms with E-state index in [0.29, 0.717) is 28.1 Å². The van der Waals surface area contributed by atoms with E-state index in [9.17, 15) is 4.79 Å². The lowest BCUT2D eigenvalue weighted by Gasteiger charge is -2.11. The Balaban J connectivity index is 1.69. The van der Waals surface area contributed by atoms with Gasteiger partial charge in [0.2, 0.25) is 5.13 Å². The summed E-state index contributed by atoms with van der Waals surface area (Å²) < 4.78 is 13.8. The zero-order valence-corrected chi connectivity index (χ0v) is 16.6. The van der Waals surface area contributed by atoms with Crippen LogP contribution in [0.25, 0.3) is 11.5 Å². The second kappa shape index (κ2) is 8.25. The maximum absolute atomic E-state index is 13.0. The Kier molecular flexibility index (Phi) is 5.36. The average Bonchev–Trinajstić information content (AvgIpc) is 3.48. The summed E-state index contributed by atoms with van der Waals surface area (Å²) in [5, 5.41) is 16.3. The number of hydrogen-bond donors (Lipinski definition) is 1. The average molecular weight is 410 g/mol. The molecule has 148 valence electrons. The van der Waals surface area contributed by atoms with Crippen LogP contribution in [0.4, 0.5) is 5.13 Å². The molecule has 0 saturated carbocycles. The molecule has 0 radical (unpaired) electrons. The third-order valence-corrected chi connectivity index (χ3v) is 4.92. The van der Waals surface area contributed by atoms with Crippen LogP contribution >= 0.6 is 11.3 Å². The highest BCUT2D eigenvalue weighted by atomic mass is 32.1. The van der Waals surface area contributed by atoms with Gasteiger partial charge in [-0.05, 0) is 36.4 Å². The highest BCUT2D eigenvalue weighted by molar-refractivity contribution is 7.15. The number of rotatable bonds is 7. The lowest BCUT2D eigenvalue weighted by molar-refractivity contribution is 0.102. The molecule has 0 aliphatic carbocycles. The van der Waals surface area contributed by atoms with Crippen molar-refractivity contribution in [2.75, 3.05) is 19.5 Å². The van der Waals surface area contributed by atoms with Gasteiger partial charge in [-0.15, -0.1) is 10.2 Å². The van der Waals surface area contributed by atoms with E-state index in [2.05, 4.69) is 20.6 Å². The van der Waals surface area contributed by atoms with E-state index in [4.69, 9.17) is 9.47 Å². The first-order valence-electron chi connectivity index (χ1n) is 8.68. The van der Waals surface area contributed by atoms with E-state index in [1.54, 1.807) is 18.9 Å². The van der Waals surface area contributed by atoms with Gasteiger partial charge in [0.1, 0.15) is 22.9 Å². The van der Waals surface area contributed by atoms with E-state index in [1.165, 1.54) is 17.5 Å². The molecule has 0 unspecified atom stereocenters. The number of nitrogens with one attached hydrogen (secondary N) is 1. The standard InChI is InChI=1S/C19H18N6O3S/c1-27-12-16-22-23-19(29-16)21-17(26)15-11-20-25(18(15)24-9-3-4-10-24)13-5-7-14(28-2)8-6-13/h3-11H,12H2,1-2H3,(H,21,23,26). The van der Waals surface area contributed by atoms with Crippen LogP contribution in [0, 0.1) is 0 Å². The molecule has 0 aliphatic heterocycles. The van der Waals surface area contributed by atoms with Crippen molar-refractivity contribution >= 4 is 22.4 Å². The molecule has 29 heavy (non-hydrogen) atoms. The number of methoxy groups -OCH3 is 2. The van der Waals surface area contributed by atoms with Crippen LogP contribution in [-0.4, -0.2) is 44.7 Å². The first kappa shape index (κ1) is 18.8. The van der Waals surface area contributed by atoms with E-state index in [-0.39, 0.29) is 5.91 Å². The van der Waals surface area contributed by atoms with Crippen LogP contribution in [0.15, 0.2) is 55.0 Å². The van der Waals surface area contributed by atoms with Gasteiger partial charge in [0, 0.05) is 19.5 Å². The van der Waals surface area contributed by atoms with Gasteiger partial charge in [0.25, 0.3) is 5.91 Å². The number of benzene rings is 1. The normalized spacial score (nSPS) is 10.8. The largest absolute Gasteiger partial charge is 0.497 e. The summed E-state index contributed by atoms with van der Waals surface area (Å²) in [6, 6.07) is 11.2. The van der Waals surface area contributed by atoms with Crippen LogP contribution in [-0.2, 0) is 11.3 Å². The number of amides is 1. The molecule has 3 aromatic heterocycles. The van der Waals surface area contributed by atoms with E-state index in [0.717, 1.165) is 11.4 Å². The summed E-state index contributed by atoms with van der Waals surface area (Å²) in [4.78, 5) is 13.0. The molecule has 4 aromatic rings. The molecular formula is C19H18N6O3S. The minimum atomic E-state index is -0.325. The van der Waals surface area contributed by atoms with E-state index < -0.39 is 0 Å². The van der Waals surface area contributed by atoms with Gasteiger partial charge in [-0.1, -0.05) is 11.3 Å². The summed E-state index contributed by atoms with van der Waals surface area (Å²) in [5.74, 6) is 1.03. The zero-order valence-electron chi connectivity index (χ0n) is 15.8. The predicted octanol–water partition coefficient (Wildman–Crippen LogP) is 2.92. The van der Waals surface area contributed by atoms with Gasteiger partial charge in [-0.25, -0.2) is 4.68 Å². The van der Waals surface area contributed by atoms with Crippen LogP contribution in [0.3, 0.4) is 0 Å². The van der Waals surface area contributed by atoms with Crippen molar-refractivity contribution in [2.24, 2.45) is 0 Å². The maximum Gasteiger partial charge on any atom is 0.262 e. The van der Waals surface area contributed by atoms with Crippen molar-refractivity contribution in [2.45, 2.75) is 6.61 Å². The molecular weight excluding hydrogens is 392 g/mol. The monoisotopic (exact) mass is 410 g/mol. The Morgan fingerprint density at radius 1 is 1.14 bits per heavy atom. The van der Waals surface area contributed by atoms with Crippen molar-refractivity contribution in [3.63, 3.8) is 0 Å². The summed E-state index contributed by atoms with van der Waals surface area (Å²) in [7, 11) is 3.19. The Morgan fingerprint density at radius 3 is 2.59 bits per heavy atom. The zero-order chi connectivity index (χ0) is 20.2. The molecule has 4 rings (SSSR count). The van der Waals surface area contributed by atoms with Gasteiger partial charge in [0.15, 0.2) is 5.82 Å². The van der Waals surface area contributed by atoms with Crippen LogP contribution < -0.4 is 10.1 Å². The van der Waals surface area contributed by atoms with Crippen LogP contribution in [0.1, 0.15) is 15.4 Å². The number of carbonyl (C=O) groups excluding carboxylic acids is 1. The third kappa shape index (κ3) is 3.89.